The van der Waals surface area contributed by atoms with Crippen molar-refractivity contribution in [1.82, 2.24) is 4.57 Å². The van der Waals surface area contributed by atoms with E-state index >= 15 is 0 Å². The molecule has 11 rings (SSSR count). The molecule has 0 saturated carbocycles. The molecule has 62 heavy (non-hydrogen) atoms. The topological polar surface area (TPSA) is 8.17 Å². The Balaban J connectivity index is 1.17. The maximum Gasteiger partial charge on any atom is 0.0546 e. The second-order valence-corrected chi connectivity index (χ2v) is 15.7. The third kappa shape index (κ3) is 6.65. The second-order valence-electron chi connectivity index (χ2n) is 15.7. The van der Waals surface area contributed by atoms with Gasteiger partial charge in [-0.15, -0.1) is 0 Å². The van der Waals surface area contributed by atoms with E-state index in [1.807, 2.05) is 0 Å². The summed E-state index contributed by atoms with van der Waals surface area (Å²) in [4.78, 5) is 2.48. The largest absolute Gasteiger partial charge is 0.309 e. The average molecular weight is 791 g/mol. The van der Waals surface area contributed by atoms with Gasteiger partial charge in [-0.25, -0.2) is 0 Å². The molecule has 0 N–H and O–H groups in total. The highest BCUT2D eigenvalue weighted by Gasteiger charge is 2.25. The molecular formula is C60H42N2. The van der Waals surface area contributed by atoms with Crippen LogP contribution in [0.1, 0.15) is 0 Å². The van der Waals surface area contributed by atoms with Gasteiger partial charge in [-0.3, -0.25) is 0 Å². The first-order valence-corrected chi connectivity index (χ1v) is 21.3. The Bertz CT molecular complexity index is 3330. The summed E-state index contributed by atoms with van der Waals surface area (Å²) in [5.74, 6) is 0. The Labute approximate surface area is 362 Å². The zero-order chi connectivity index (χ0) is 41.2. The van der Waals surface area contributed by atoms with Crippen LogP contribution in [-0.4, -0.2) is 4.57 Å². The van der Waals surface area contributed by atoms with Crippen molar-refractivity contribution in [2.24, 2.45) is 0 Å². The Morgan fingerprint density at radius 2 is 0.758 bits per heavy atom. The predicted octanol–water partition coefficient (Wildman–Crippen LogP) is 16.6. The molecule has 10 aromatic carbocycles. The molecule has 0 aliphatic heterocycles. The third-order valence-electron chi connectivity index (χ3n) is 12.0. The molecule has 0 atom stereocenters. The molecular weight excluding hydrogens is 749 g/mol. The molecule has 0 saturated heterocycles. The van der Waals surface area contributed by atoms with Gasteiger partial charge in [0.2, 0.25) is 0 Å². The summed E-state index contributed by atoms with van der Waals surface area (Å²) in [5, 5.41) is 2.47. The van der Waals surface area contributed by atoms with Crippen LogP contribution < -0.4 is 4.90 Å². The average Bonchev–Trinajstić information content (AvgIpc) is 3.69. The van der Waals surface area contributed by atoms with Gasteiger partial charge < -0.3 is 9.47 Å². The summed E-state index contributed by atoms with van der Waals surface area (Å²) in [7, 11) is 0. The first-order valence-electron chi connectivity index (χ1n) is 21.3. The monoisotopic (exact) mass is 790 g/mol. The highest BCUT2D eigenvalue weighted by Crippen LogP contribution is 2.50. The standard InChI is InChI=1S/C60H42N2/c1-5-21-43(22-6-1)50-31-13-14-34-54(50)60-52(45-25-9-3-10-26-45)35-20-38-59(60)62(56-36-17-15-32-51(56)44-23-7-2-8-24-44)49-30-19-27-46(41-49)47-39-40-58-55(42-47)53-33-16-18-37-57(53)61(58)48-28-11-4-12-29-48/h1-42H. The fourth-order valence-corrected chi connectivity index (χ4v) is 9.21. The summed E-state index contributed by atoms with van der Waals surface area (Å²) in [6.45, 7) is 0. The Morgan fingerprint density at radius 3 is 1.48 bits per heavy atom. The molecule has 11 aromatic rings. The van der Waals surface area contributed by atoms with Crippen molar-refractivity contribution in [2.45, 2.75) is 0 Å². The number of hydrogen-bond acceptors (Lipinski definition) is 1. The lowest BCUT2D eigenvalue weighted by Crippen LogP contribution is -2.13. The molecule has 0 radical (unpaired) electrons. The van der Waals surface area contributed by atoms with Crippen molar-refractivity contribution in [2.75, 3.05) is 4.90 Å². The quantitative estimate of drug-likeness (QED) is 0.141. The van der Waals surface area contributed by atoms with E-state index in [-0.39, 0.29) is 0 Å². The fourth-order valence-electron chi connectivity index (χ4n) is 9.21. The number of aromatic nitrogens is 1. The lowest BCUT2D eigenvalue weighted by molar-refractivity contribution is 1.18. The van der Waals surface area contributed by atoms with Gasteiger partial charge in [0, 0.05) is 33.3 Å². The first kappa shape index (κ1) is 36.8. The Morgan fingerprint density at radius 1 is 0.274 bits per heavy atom. The lowest BCUT2D eigenvalue weighted by Gasteiger charge is -2.31. The number of nitrogens with zero attached hydrogens (tertiary/aromatic N) is 2. The Hall–Kier alpha value is -8.20. The van der Waals surface area contributed by atoms with E-state index in [1.54, 1.807) is 0 Å². The van der Waals surface area contributed by atoms with Crippen LogP contribution >= 0.6 is 0 Å². The molecule has 0 amide bonds. The number of fused-ring (bicyclic) bond motifs is 3. The molecule has 0 fully saturated rings. The summed E-state index contributed by atoms with van der Waals surface area (Å²) in [5.41, 5.74) is 18.5. The van der Waals surface area contributed by atoms with Gasteiger partial charge in [0.05, 0.1) is 22.4 Å². The molecule has 0 aliphatic carbocycles. The highest BCUT2D eigenvalue weighted by atomic mass is 15.1. The third-order valence-corrected chi connectivity index (χ3v) is 12.0. The van der Waals surface area contributed by atoms with Crippen LogP contribution in [-0.2, 0) is 0 Å². The van der Waals surface area contributed by atoms with Crippen molar-refractivity contribution in [3.05, 3.63) is 255 Å². The van der Waals surface area contributed by atoms with E-state index in [0.29, 0.717) is 0 Å². The van der Waals surface area contributed by atoms with Crippen molar-refractivity contribution >= 4 is 38.9 Å². The first-order chi connectivity index (χ1) is 30.8. The van der Waals surface area contributed by atoms with Gasteiger partial charge in [0.25, 0.3) is 0 Å². The van der Waals surface area contributed by atoms with E-state index in [0.717, 1.165) is 39.4 Å². The molecule has 292 valence electrons. The van der Waals surface area contributed by atoms with Crippen LogP contribution in [0.2, 0.25) is 0 Å². The summed E-state index contributed by atoms with van der Waals surface area (Å²) >= 11 is 0. The second kappa shape index (κ2) is 16.1. The van der Waals surface area contributed by atoms with E-state index in [9.17, 15) is 0 Å². The van der Waals surface area contributed by atoms with Gasteiger partial charge >= 0.3 is 0 Å². The minimum Gasteiger partial charge on any atom is -0.309 e. The van der Waals surface area contributed by atoms with Gasteiger partial charge in [-0.1, -0.05) is 200 Å². The molecule has 2 nitrogen and oxygen atoms in total. The van der Waals surface area contributed by atoms with Crippen molar-refractivity contribution in [3.8, 4) is 61.3 Å². The zero-order valence-electron chi connectivity index (χ0n) is 34.1. The number of hydrogen-bond donors (Lipinski definition) is 0. The highest BCUT2D eigenvalue weighted by molar-refractivity contribution is 6.11. The number of para-hydroxylation sites is 3. The Kier molecular flexibility index (Phi) is 9.57. The van der Waals surface area contributed by atoms with E-state index in [4.69, 9.17) is 0 Å². The van der Waals surface area contributed by atoms with Gasteiger partial charge in [-0.2, -0.15) is 0 Å². The van der Waals surface area contributed by atoms with Crippen LogP contribution in [0.25, 0.3) is 83.1 Å². The van der Waals surface area contributed by atoms with Crippen LogP contribution in [0, 0.1) is 0 Å². The SMILES string of the molecule is c1ccc(-c2ccccc2-c2c(-c3ccccc3)cccc2N(c2cccc(-c3ccc4c(c3)c3ccccc3n4-c3ccccc3)c2)c2ccccc2-c2ccccc2)cc1. The fraction of sp³-hybridized carbons (Fsp3) is 0. The van der Waals surface area contributed by atoms with Gasteiger partial charge in [0.1, 0.15) is 0 Å². The molecule has 1 heterocycles. The summed E-state index contributed by atoms with van der Waals surface area (Å²) in [6, 6.07) is 92.2. The number of benzene rings is 10. The summed E-state index contributed by atoms with van der Waals surface area (Å²) < 4.78 is 2.38. The van der Waals surface area contributed by atoms with E-state index in [1.165, 1.54) is 60.8 Å². The minimum absolute atomic E-state index is 1.07. The minimum atomic E-state index is 1.07. The van der Waals surface area contributed by atoms with Crippen molar-refractivity contribution < 1.29 is 0 Å². The number of anilines is 3. The van der Waals surface area contributed by atoms with E-state index in [2.05, 4.69) is 264 Å². The van der Waals surface area contributed by atoms with Crippen molar-refractivity contribution in [1.29, 1.82) is 0 Å². The summed E-state index contributed by atoms with van der Waals surface area (Å²) in [6.07, 6.45) is 0. The van der Waals surface area contributed by atoms with Crippen LogP contribution in [0.3, 0.4) is 0 Å². The molecule has 0 bridgehead atoms. The van der Waals surface area contributed by atoms with Crippen molar-refractivity contribution in [3.63, 3.8) is 0 Å². The lowest BCUT2D eigenvalue weighted by atomic mass is 9.87. The maximum atomic E-state index is 2.48. The van der Waals surface area contributed by atoms with Gasteiger partial charge in [0.15, 0.2) is 0 Å². The number of rotatable bonds is 9. The van der Waals surface area contributed by atoms with Crippen LogP contribution in [0.4, 0.5) is 17.1 Å². The normalized spacial score (nSPS) is 11.2. The predicted molar refractivity (Wildman–Crippen MR) is 263 cm³/mol. The molecule has 2 heteroatoms. The smallest absolute Gasteiger partial charge is 0.0546 e. The molecule has 0 aliphatic rings. The molecule has 1 aromatic heterocycles. The van der Waals surface area contributed by atoms with E-state index < -0.39 is 0 Å². The maximum absolute atomic E-state index is 2.48. The molecule has 0 unspecified atom stereocenters. The zero-order valence-corrected chi connectivity index (χ0v) is 34.1. The van der Waals surface area contributed by atoms with Crippen LogP contribution in [0.5, 0.6) is 0 Å². The van der Waals surface area contributed by atoms with Crippen LogP contribution in [0.15, 0.2) is 255 Å². The molecule has 0 spiro atoms. The van der Waals surface area contributed by atoms with Gasteiger partial charge in [-0.05, 0) is 99.1 Å².